The highest BCUT2D eigenvalue weighted by atomic mass is 16.5. The van der Waals surface area contributed by atoms with E-state index in [4.69, 9.17) is 18.9 Å². The van der Waals surface area contributed by atoms with Gasteiger partial charge in [0.05, 0.1) is 40.2 Å². The number of hydrogen-bond acceptors (Lipinski definition) is 6. The van der Waals surface area contributed by atoms with E-state index in [9.17, 15) is 4.79 Å². The van der Waals surface area contributed by atoms with Crippen LogP contribution in [-0.4, -0.2) is 45.5 Å². The Bertz CT molecular complexity index is 985. The third kappa shape index (κ3) is 3.57. The van der Waals surface area contributed by atoms with Crippen molar-refractivity contribution in [3.05, 3.63) is 47.7 Å². The maximum absolute atomic E-state index is 12.5. The molecule has 0 aliphatic rings. The number of hydrogen-bond donors (Lipinski definition) is 2. The largest absolute Gasteiger partial charge is 0.496 e. The number of benzene rings is 2. The normalized spacial score (nSPS) is 10.9. The van der Waals surface area contributed by atoms with E-state index in [1.807, 2.05) is 0 Å². The summed E-state index contributed by atoms with van der Waals surface area (Å²) in [7, 11) is 6.23. The van der Waals surface area contributed by atoms with Gasteiger partial charge in [0.25, 0.3) is 5.91 Å². The number of fused-ring (bicyclic) bond motifs is 1. The number of methoxy groups -OCH3 is 4. The monoisotopic (exact) mass is 383 g/mol. The quantitative estimate of drug-likeness (QED) is 0.483. The van der Waals surface area contributed by atoms with Gasteiger partial charge in [-0.2, -0.15) is 5.10 Å². The maximum atomic E-state index is 12.5. The first-order valence-electron chi connectivity index (χ1n) is 8.41. The molecule has 0 radical (unpaired) electrons. The molecule has 1 amide bonds. The van der Waals surface area contributed by atoms with Crippen LogP contribution in [0.3, 0.4) is 0 Å². The van der Waals surface area contributed by atoms with Gasteiger partial charge in [0.1, 0.15) is 17.2 Å². The Labute approximate surface area is 162 Å². The van der Waals surface area contributed by atoms with Crippen molar-refractivity contribution in [3.63, 3.8) is 0 Å². The van der Waals surface area contributed by atoms with Gasteiger partial charge in [-0.25, -0.2) is 5.43 Å². The van der Waals surface area contributed by atoms with Gasteiger partial charge in [-0.3, -0.25) is 4.79 Å². The molecule has 1 aromatic heterocycles. The highest BCUT2D eigenvalue weighted by molar-refractivity contribution is 6.01. The van der Waals surface area contributed by atoms with Gasteiger partial charge in [0.15, 0.2) is 11.5 Å². The summed E-state index contributed by atoms with van der Waals surface area (Å²) in [4.78, 5) is 15.5. The number of aromatic nitrogens is 1. The Morgan fingerprint density at radius 1 is 0.964 bits per heavy atom. The molecule has 0 saturated heterocycles. The van der Waals surface area contributed by atoms with Crippen LogP contribution >= 0.6 is 0 Å². The fraction of sp³-hybridized carbons (Fsp3) is 0.200. The van der Waals surface area contributed by atoms with Crippen molar-refractivity contribution in [2.45, 2.75) is 0 Å². The Hall–Kier alpha value is -3.68. The molecule has 146 valence electrons. The number of aromatic amines is 1. The summed E-state index contributed by atoms with van der Waals surface area (Å²) >= 11 is 0. The lowest BCUT2D eigenvalue weighted by atomic mass is 10.2. The van der Waals surface area contributed by atoms with E-state index in [1.165, 1.54) is 6.21 Å². The number of amides is 1. The molecule has 0 spiro atoms. The first-order chi connectivity index (χ1) is 13.6. The molecule has 0 saturated carbocycles. The van der Waals surface area contributed by atoms with Gasteiger partial charge >= 0.3 is 0 Å². The second-order valence-corrected chi connectivity index (χ2v) is 5.72. The summed E-state index contributed by atoms with van der Waals surface area (Å²) in [5.74, 6) is 1.95. The maximum Gasteiger partial charge on any atom is 0.287 e. The van der Waals surface area contributed by atoms with Crippen LogP contribution < -0.4 is 24.4 Å². The van der Waals surface area contributed by atoms with Crippen LogP contribution in [-0.2, 0) is 0 Å². The Morgan fingerprint density at radius 2 is 1.68 bits per heavy atom. The van der Waals surface area contributed by atoms with Gasteiger partial charge in [-0.05, 0) is 30.3 Å². The van der Waals surface area contributed by atoms with Crippen molar-refractivity contribution >= 4 is 23.0 Å². The summed E-state index contributed by atoms with van der Waals surface area (Å²) in [6.45, 7) is 0. The minimum absolute atomic E-state index is 0.326. The molecule has 0 unspecified atom stereocenters. The topological polar surface area (TPSA) is 94.2 Å². The van der Waals surface area contributed by atoms with Crippen LogP contribution in [0.1, 0.15) is 16.1 Å². The second kappa shape index (κ2) is 8.34. The summed E-state index contributed by atoms with van der Waals surface area (Å²) < 4.78 is 21.3. The molecule has 28 heavy (non-hydrogen) atoms. The lowest BCUT2D eigenvalue weighted by molar-refractivity contribution is 0.0951. The predicted molar refractivity (Wildman–Crippen MR) is 106 cm³/mol. The molecule has 2 aromatic carbocycles. The summed E-state index contributed by atoms with van der Waals surface area (Å²) in [6.07, 6.45) is 1.49. The molecule has 2 N–H and O–H groups in total. The van der Waals surface area contributed by atoms with Crippen molar-refractivity contribution in [1.82, 2.24) is 10.4 Å². The number of rotatable bonds is 7. The van der Waals surface area contributed by atoms with Crippen LogP contribution in [0, 0.1) is 0 Å². The molecule has 8 heteroatoms. The number of carbonyl (C=O) groups is 1. The Kier molecular flexibility index (Phi) is 5.69. The number of nitrogens with one attached hydrogen (secondary N) is 2. The zero-order valence-corrected chi connectivity index (χ0v) is 16.0. The van der Waals surface area contributed by atoms with Crippen LogP contribution in [0.4, 0.5) is 0 Å². The van der Waals surface area contributed by atoms with Crippen molar-refractivity contribution in [1.29, 1.82) is 0 Å². The zero-order chi connectivity index (χ0) is 20.1. The van der Waals surface area contributed by atoms with Crippen LogP contribution in [0.15, 0.2) is 41.5 Å². The SMILES string of the molecule is COc1cccc(C=NNC(=O)c2cc3c(OC)ccc(OC)c3[nH]2)c1OC. The molecule has 0 atom stereocenters. The van der Waals surface area contributed by atoms with Crippen molar-refractivity contribution in [2.24, 2.45) is 5.10 Å². The predicted octanol–water partition coefficient (Wildman–Crippen LogP) is 2.97. The fourth-order valence-electron chi connectivity index (χ4n) is 2.87. The number of ether oxygens (including phenoxy) is 4. The molecule has 1 heterocycles. The van der Waals surface area contributed by atoms with Gasteiger partial charge in [-0.1, -0.05) is 6.07 Å². The van der Waals surface area contributed by atoms with Gasteiger partial charge in [0.2, 0.25) is 0 Å². The standard InChI is InChI=1S/C20H21N3O5/c1-25-15-8-9-16(26-2)18-13(15)10-14(22-18)20(24)23-21-11-12-6-5-7-17(27-3)19(12)28-4/h5-11,22H,1-4H3,(H,23,24). The highest BCUT2D eigenvalue weighted by Crippen LogP contribution is 2.33. The number of nitrogens with zero attached hydrogens (tertiary/aromatic N) is 1. The first kappa shape index (κ1) is 19.1. The average Bonchev–Trinajstić information content (AvgIpc) is 3.18. The van der Waals surface area contributed by atoms with Gasteiger partial charge in [0, 0.05) is 10.9 Å². The molecular weight excluding hydrogens is 362 g/mol. The highest BCUT2D eigenvalue weighted by Gasteiger charge is 2.15. The van der Waals surface area contributed by atoms with E-state index in [2.05, 4.69) is 15.5 Å². The van der Waals surface area contributed by atoms with E-state index in [0.717, 1.165) is 5.39 Å². The van der Waals surface area contributed by atoms with Crippen molar-refractivity contribution < 1.29 is 23.7 Å². The van der Waals surface area contributed by atoms with Gasteiger partial charge < -0.3 is 23.9 Å². The average molecular weight is 383 g/mol. The Morgan fingerprint density at radius 3 is 2.36 bits per heavy atom. The van der Waals surface area contributed by atoms with Crippen molar-refractivity contribution in [3.8, 4) is 23.0 Å². The second-order valence-electron chi connectivity index (χ2n) is 5.72. The molecule has 0 bridgehead atoms. The molecule has 3 aromatic rings. The lowest BCUT2D eigenvalue weighted by Gasteiger charge is -2.09. The number of hydrazone groups is 1. The van der Waals surface area contributed by atoms with E-state index >= 15 is 0 Å². The fourth-order valence-corrected chi connectivity index (χ4v) is 2.87. The van der Waals surface area contributed by atoms with Crippen molar-refractivity contribution in [2.75, 3.05) is 28.4 Å². The van der Waals surface area contributed by atoms with E-state index in [0.29, 0.717) is 39.8 Å². The zero-order valence-electron chi connectivity index (χ0n) is 16.0. The van der Waals surface area contributed by atoms with Gasteiger partial charge in [-0.15, -0.1) is 0 Å². The summed E-state index contributed by atoms with van der Waals surface area (Å²) in [5, 5.41) is 4.76. The van der Waals surface area contributed by atoms with Crippen LogP contribution in [0.25, 0.3) is 10.9 Å². The molecule has 0 aliphatic heterocycles. The third-order valence-corrected chi connectivity index (χ3v) is 4.20. The van der Waals surface area contributed by atoms with E-state index in [1.54, 1.807) is 64.8 Å². The molecular formula is C20H21N3O5. The minimum atomic E-state index is -0.404. The molecule has 8 nitrogen and oxygen atoms in total. The number of para-hydroxylation sites is 1. The van der Waals surface area contributed by atoms with E-state index in [-0.39, 0.29) is 0 Å². The summed E-state index contributed by atoms with van der Waals surface area (Å²) in [5.41, 5.74) is 4.16. The first-order valence-corrected chi connectivity index (χ1v) is 8.41. The minimum Gasteiger partial charge on any atom is -0.496 e. The summed E-state index contributed by atoms with van der Waals surface area (Å²) in [6, 6.07) is 10.6. The lowest BCUT2D eigenvalue weighted by Crippen LogP contribution is -2.18. The van der Waals surface area contributed by atoms with Crippen LogP contribution in [0.2, 0.25) is 0 Å². The molecule has 0 fully saturated rings. The number of H-pyrrole nitrogens is 1. The smallest absolute Gasteiger partial charge is 0.287 e. The Balaban J connectivity index is 1.83. The number of carbonyl (C=O) groups excluding carboxylic acids is 1. The molecule has 0 aliphatic carbocycles. The van der Waals surface area contributed by atoms with E-state index < -0.39 is 5.91 Å². The van der Waals surface area contributed by atoms with Crippen LogP contribution in [0.5, 0.6) is 23.0 Å². The third-order valence-electron chi connectivity index (χ3n) is 4.20. The molecule has 3 rings (SSSR count).